The van der Waals surface area contributed by atoms with Gasteiger partial charge in [0.1, 0.15) is 0 Å². The molecule has 4 nitrogen and oxygen atoms in total. The highest BCUT2D eigenvalue weighted by Crippen LogP contribution is 2.22. The minimum Gasteiger partial charge on any atom is -0.387 e. The van der Waals surface area contributed by atoms with Crippen LogP contribution in [-0.4, -0.2) is 17.6 Å². The van der Waals surface area contributed by atoms with Gasteiger partial charge in [-0.15, -0.1) is 11.3 Å². The summed E-state index contributed by atoms with van der Waals surface area (Å²) < 4.78 is 0. The van der Waals surface area contributed by atoms with Gasteiger partial charge in [0.2, 0.25) is 5.91 Å². The number of rotatable bonds is 6. The Bertz CT molecular complexity index is 522. The van der Waals surface area contributed by atoms with Crippen molar-refractivity contribution in [3.8, 4) is 0 Å². The minimum atomic E-state index is -0.490. The second-order valence-corrected chi connectivity index (χ2v) is 5.92. The number of hydrogen-bond donors (Lipinski definition) is 3. The second-order valence-electron chi connectivity index (χ2n) is 4.14. The van der Waals surface area contributed by atoms with Gasteiger partial charge in [0.25, 0.3) is 0 Å². The minimum absolute atomic E-state index is 0.0713. The molecular formula is C13H16N2O2S2. The Morgan fingerprint density at radius 1 is 1.42 bits per heavy atom. The first-order valence-corrected chi connectivity index (χ1v) is 7.74. The van der Waals surface area contributed by atoms with E-state index in [-0.39, 0.29) is 5.91 Å². The van der Waals surface area contributed by atoms with Gasteiger partial charge in [0.05, 0.1) is 11.8 Å². The van der Waals surface area contributed by atoms with Crippen LogP contribution in [0.5, 0.6) is 0 Å². The van der Waals surface area contributed by atoms with Crippen molar-refractivity contribution in [1.29, 1.82) is 0 Å². The van der Waals surface area contributed by atoms with Gasteiger partial charge in [-0.1, -0.05) is 0 Å². The molecule has 1 atom stereocenters. The van der Waals surface area contributed by atoms with Crippen molar-refractivity contribution < 1.29 is 9.90 Å². The lowest BCUT2D eigenvalue weighted by Gasteiger charge is -2.10. The summed E-state index contributed by atoms with van der Waals surface area (Å²) in [6, 6.07) is 3.81. The molecule has 0 radical (unpaired) electrons. The zero-order valence-corrected chi connectivity index (χ0v) is 12.2. The standard InChI is InChI=1S/C13H16N2O2S2/c1-9(16)15-11-3-5-19-13(11)7-14-6-12(17)10-2-4-18-8-10/h2-5,8,12,14,17H,6-7H2,1H3,(H,15,16). The van der Waals surface area contributed by atoms with Crippen LogP contribution in [0.15, 0.2) is 28.3 Å². The fraction of sp³-hybridized carbons (Fsp3) is 0.308. The molecule has 0 aliphatic carbocycles. The molecule has 0 saturated heterocycles. The number of carbonyl (C=O) groups excluding carboxylic acids is 1. The molecule has 0 aromatic carbocycles. The van der Waals surface area contributed by atoms with Gasteiger partial charge in [-0.2, -0.15) is 11.3 Å². The predicted molar refractivity (Wildman–Crippen MR) is 79.6 cm³/mol. The number of thiophene rings is 2. The van der Waals surface area contributed by atoms with Crippen LogP contribution in [0.3, 0.4) is 0 Å². The Balaban J connectivity index is 1.82. The molecule has 1 unspecified atom stereocenters. The molecule has 102 valence electrons. The molecule has 0 spiro atoms. The number of aliphatic hydroxyl groups is 1. The highest BCUT2D eigenvalue weighted by atomic mass is 32.1. The summed E-state index contributed by atoms with van der Waals surface area (Å²) in [6.45, 7) is 2.62. The van der Waals surface area contributed by atoms with Crippen molar-refractivity contribution in [3.05, 3.63) is 38.7 Å². The van der Waals surface area contributed by atoms with Crippen molar-refractivity contribution in [2.45, 2.75) is 19.6 Å². The molecule has 0 bridgehead atoms. The van der Waals surface area contributed by atoms with E-state index < -0.39 is 6.10 Å². The molecule has 2 heterocycles. The van der Waals surface area contributed by atoms with Gasteiger partial charge in [0.15, 0.2) is 0 Å². The zero-order chi connectivity index (χ0) is 13.7. The molecule has 2 rings (SSSR count). The summed E-state index contributed by atoms with van der Waals surface area (Å²) >= 11 is 3.16. The van der Waals surface area contributed by atoms with E-state index in [1.165, 1.54) is 6.92 Å². The molecule has 1 amide bonds. The van der Waals surface area contributed by atoms with Crippen LogP contribution in [0.1, 0.15) is 23.5 Å². The maximum atomic E-state index is 11.0. The Morgan fingerprint density at radius 2 is 2.26 bits per heavy atom. The number of anilines is 1. The van der Waals surface area contributed by atoms with Crippen molar-refractivity contribution in [1.82, 2.24) is 5.32 Å². The van der Waals surface area contributed by atoms with Crippen LogP contribution in [0.2, 0.25) is 0 Å². The maximum absolute atomic E-state index is 11.0. The molecule has 6 heteroatoms. The lowest BCUT2D eigenvalue weighted by atomic mass is 10.2. The van der Waals surface area contributed by atoms with Crippen LogP contribution in [0, 0.1) is 0 Å². The normalized spacial score (nSPS) is 12.3. The number of amides is 1. The Kier molecular flexibility index (Phi) is 5.09. The Labute approximate surface area is 120 Å². The number of hydrogen-bond acceptors (Lipinski definition) is 5. The zero-order valence-electron chi connectivity index (χ0n) is 10.6. The molecule has 3 N–H and O–H groups in total. The molecule has 2 aromatic heterocycles. The van der Waals surface area contributed by atoms with Gasteiger partial charge < -0.3 is 15.7 Å². The number of carbonyl (C=O) groups is 1. The third kappa shape index (κ3) is 4.14. The van der Waals surface area contributed by atoms with Crippen LogP contribution >= 0.6 is 22.7 Å². The summed E-state index contributed by atoms with van der Waals surface area (Å²) in [5, 5.41) is 21.8. The van der Waals surface area contributed by atoms with E-state index in [0.29, 0.717) is 13.1 Å². The third-order valence-electron chi connectivity index (χ3n) is 2.61. The Hall–Kier alpha value is -1.21. The van der Waals surface area contributed by atoms with Crippen LogP contribution in [0.25, 0.3) is 0 Å². The lowest BCUT2D eigenvalue weighted by Crippen LogP contribution is -2.21. The highest BCUT2D eigenvalue weighted by Gasteiger charge is 2.09. The van der Waals surface area contributed by atoms with Crippen molar-refractivity contribution in [2.24, 2.45) is 0 Å². The van der Waals surface area contributed by atoms with Crippen molar-refractivity contribution in [3.63, 3.8) is 0 Å². The summed E-state index contributed by atoms with van der Waals surface area (Å²) in [5.74, 6) is -0.0713. The Morgan fingerprint density at radius 3 is 2.95 bits per heavy atom. The van der Waals surface area contributed by atoms with Gasteiger partial charge in [-0.05, 0) is 33.8 Å². The molecular weight excluding hydrogens is 280 g/mol. The highest BCUT2D eigenvalue weighted by molar-refractivity contribution is 7.10. The van der Waals surface area contributed by atoms with E-state index in [1.807, 2.05) is 28.3 Å². The fourth-order valence-corrected chi connectivity index (χ4v) is 3.19. The summed E-state index contributed by atoms with van der Waals surface area (Å²) in [6.07, 6.45) is -0.490. The van der Waals surface area contributed by atoms with Crippen LogP contribution in [0.4, 0.5) is 5.69 Å². The lowest BCUT2D eigenvalue weighted by molar-refractivity contribution is -0.114. The van der Waals surface area contributed by atoms with Gasteiger partial charge in [-0.3, -0.25) is 4.79 Å². The van der Waals surface area contributed by atoms with Crippen LogP contribution < -0.4 is 10.6 Å². The van der Waals surface area contributed by atoms with Crippen molar-refractivity contribution >= 4 is 34.3 Å². The van der Waals surface area contributed by atoms with E-state index in [2.05, 4.69) is 10.6 Å². The van der Waals surface area contributed by atoms with Crippen molar-refractivity contribution in [2.75, 3.05) is 11.9 Å². The van der Waals surface area contributed by atoms with E-state index in [9.17, 15) is 9.90 Å². The van der Waals surface area contributed by atoms with Gasteiger partial charge in [-0.25, -0.2) is 0 Å². The number of nitrogens with one attached hydrogen (secondary N) is 2. The molecule has 0 aliphatic heterocycles. The van der Waals surface area contributed by atoms with E-state index in [1.54, 1.807) is 22.7 Å². The summed E-state index contributed by atoms with van der Waals surface area (Å²) in [5.41, 5.74) is 1.78. The van der Waals surface area contributed by atoms with Crippen LogP contribution in [-0.2, 0) is 11.3 Å². The van der Waals surface area contributed by atoms with Gasteiger partial charge >= 0.3 is 0 Å². The third-order valence-corrected chi connectivity index (χ3v) is 4.23. The first-order chi connectivity index (χ1) is 9.16. The molecule has 19 heavy (non-hydrogen) atoms. The number of aliphatic hydroxyl groups excluding tert-OH is 1. The largest absolute Gasteiger partial charge is 0.387 e. The fourth-order valence-electron chi connectivity index (χ4n) is 1.68. The molecule has 0 aliphatic rings. The monoisotopic (exact) mass is 296 g/mol. The second kappa shape index (κ2) is 6.81. The maximum Gasteiger partial charge on any atom is 0.221 e. The smallest absolute Gasteiger partial charge is 0.221 e. The summed E-state index contributed by atoms with van der Waals surface area (Å²) in [7, 11) is 0. The molecule has 2 aromatic rings. The van der Waals surface area contributed by atoms with E-state index in [4.69, 9.17) is 0 Å². The predicted octanol–water partition coefficient (Wildman–Crippen LogP) is 2.59. The average molecular weight is 296 g/mol. The molecule has 0 saturated carbocycles. The first kappa shape index (κ1) is 14.2. The summed E-state index contributed by atoms with van der Waals surface area (Å²) in [4.78, 5) is 12.1. The SMILES string of the molecule is CC(=O)Nc1ccsc1CNCC(O)c1ccsc1. The van der Waals surface area contributed by atoms with E-state index >= 15 is 0 Å². The molecule has 0 fully saturated rings. The average Bonchev–Trinajstić information content (AvgIpc) is 3.00. The topological polar surface area (TPSA) is 61.4 Å². The van der Waals surface area contributed by atoms with Gasteiger partial charge in [0, 0.05) is 24.9 Å². The quantitative estimate of drug-likeness (QED) is 0.768. The van der Waals surface area contributed by atoms with E-state index in [0.717, 1.165) is 16.1 Å². The first-order valence-electron chi connectivity index (χ1n) is 5.91.